The lowest BCUT2D eigenvalue weighted by Gasteiger charge is -2.23. The zero-order valence-electron chi connectivity index (χ0n) is 10.1. The molecule has 1 heterocycles. The Labute approximate surface area is 100 Å². The minimum atomic E-state index is 0.0749. The van der Waals surface area contributed by atoms with Crippen LogP contribution in [0.1, 0.15) is 24.5 Å². The number of hydrogen-bond acceptors (Lipinski definition) is 4. The Kier molecular flexibility index (Phi) is 4.89. The van der Waals surface area contributed by atoms with Gasteiger partial charge in [-0.3, -0.25) is 4.79 Å². The minimum Gasteiger partial charge on any atom is -0.341 e. The average molecular weight is 241 g/mol. The second kappa shape index (κ2) is 5.96. The van der Waals surface area contributed by atoms with E-state index in [-0.39, 0.29) is 11.9 Å². The first kappa shape index (κ1) is 13.1. The molecule has 0 spiro atoms. The van der Waals surface area contributed by atoms with Crippen molar-refractivity contribution in [1.29, 1.82) is 0 Å². The lowest BCUT2D eigenvalue weighted by molar-refractivity contribution is -0.130. The SMILES string of the molecule is CCc1nc(CC(=O)N(C)C(C)CN)cs1. The molecule has 5 heteroatoms. The number of hydrogen-bond donors (Lipinski definition) is 1. The smallest absolute Gasteiger partial charge is 0.228 e. The zero-order valence-corrected chi connectivity index (χ0v) is 10.9. The molecule has 2 N–H and O–H groups in total. The van der Waals surface area contributed by atoms with Crippen LogP contribution in [0.25, 0.3) is 0 Å². The Morgan fingerprint density at radius 2 is 2.38 bits per heavy atom. The molecule has 0 saturated carbocycles. The summed E-state index contributed by atoms with van der Waals surface area (Å²) in [7, 11) is 1.78. The van der Waals surface area contributed by atoms with Crippen molar-refractivity contribution in [3.63, 3.8) is 0 Å². The van der Waals surface area contributed by atoms with E-state index in [9.17, 15) is 4.79 Å². The van der Waals surface area contributed by atoms with Gasteiger partial charge in [0.25, 0.3) is 0 Å². The molecule has 4 nitrogen and oxygen atoms in total. The fraction of sp³-hybridized carbons (Fsp3) is 0.636. The van der Waals surface area contributed by atoms with E-state index in [1.807, 2.05) is 12.3 Å². The third-order valence-electron chi connectivity index (χ3n) is 2.63. The number of amides is 1. The maximum absolute atomic E-state index is 11.8. The van der Waals surface area contributed by atoms with E-state index >= 15 is 0 Å². The molecule has 1 atom stereocenters. The highest BCUT2D eigenvalue weighted by Gasteiger charge is 2.15. The Bertz CT molecular complexity index is 351. The van der Waals surface area contributed by atoms with Crippen LogP contribution in [-0.4, -0.2) is 35.4 Å². The molecular weight excluding hydrogens is 222 g/mol. The van der Waals surface area contributed by atoms with Crippen LogP contribution in [-0.2, 0) is 17.6 Å². The molecule has 0 radical (unpaired) electrons. The first-order valence-electron chi connectivity index (χ1n) is 5.47. The summed E-state index contributed by atoms with van der Waals surface area (Å²) in [5.41, 5.74) is 6.39. The third kappa shape index (κ3) is 3.28. The Hall–Kier alpha value is -0.940. The van der Waals surface area contributed by atoms with Gasteiger partial charge in [0.1, 0.15) is 0 Å². The maximum atomic E-state index is 11.8. The number of carbonyl (C=O) groups excluding carboxylic acids is 1. The van der Waals surface area contributed by atoms with E-state index in [0.29, 0.717) is 13.0 Å². The Morgan fingerprint density at radius 3 is 2.88 bits per heavy atom. The summed E-state index contributed by atoms with van der Waals surface area (Å²) in [5.74, 6) is 0.0749. The van der Waals surface area contributed by atoms with Gasteiger partial charge in [0, 0.05) is 25.0 Å². The van der Waals surface area contributed by atoms with Gasteiger partial charge in [-0.1, -0.05) is 6.92 Å². The number of carbonyl (C=O) groups is 1. The van der Waals surface area contributed by atoms with Crippen LogP contribution in [0.3, 0.4) is 0 Å². The van der Waals surface area contributed by atoms with Gasteiger partial charge in [-0.05, 0) is 13.3 Å². The van der Waals surface area contributed by atoms with Crippen molar-refractivity contribution < 1.29 is 4.79 Å². The predicted molar refractivity (Wildman–Crippen MR) is 66.5 cm³/mol. The van der Waals surface area contributed by atoms with Crippen LogP contribution in [0.5, 0.6) is 0 Å². The standard InChI is InChI=1S/C11H19N3OS/c1-4-10-13-9(7-16-10)5-11(15)14(3)8(2)6-12/h7-8H,4-6,12H2,1-3H3. The topological polar surface area (TPSA) is 59.2 Å². The molecule has 1 unspecified atom stereocenters. The average Bonchev–Trinajstić information content (AvgIpc) is 2.74. The molecule has 0 saturated heterocycles. The van der Waals surface area contributed by atoms with E-state index < -0.39 is 0 Å². The van der Waals surface area contributed by atoms with Gasteiger partial charge in [0.2, 0.25) is 5.91 Å². The van der Waals surface area contributed by atoms with E-state index in [1.165, 1.54) is 0 Å². The van der Waals surface area contributed by atoms with Gasteiger partial charge in [-0.2, -0.15) is 0 Å². The summed E-state index contributed by atoms with van der Waals surface area (Å²) < 4.78 is 0. The molecule has 0 fully saturated rings. The molecular formula is C11H19N3OS. The van der Waals surface area contributed by atoms with Gasteiger partial charge in [-0.25, -0.2) is 4.98 Å². The van der Waals surface area contributed by atoms with Crippen LogP contribution in [0, 0.1) is 0 Å². The Balaban J connectivity index is 2.57. The zero-order chi connectivity index (χ0) is 12.1. The van der Waals surface area contributed by atoms with Crippen LogP contribution in [0.2, 0.25) is 0 Å². The number of aryl methyl sites for hydroxylation is 1. The normalized spacial score (nSPS) is 12.5. The summed E-state index contributed by atoms with van der Waals surface area (Å²) in [5, 5.41) is 3.04. The van der Waals surface area contributed by atoms with Crippen molar-refractivity contribution in [2.45, 2.75) is 32.7 Å². The molecule has 0 aliphatic rings. The van der Waals surface area contributed by atoms with E-state index in [2.05, 4.69) is 11.9 Å². The monoisotopic (exact) mass is 241 g/mol. The fourth-order valence-electron chi connectivity index (χ4n) is 1.28. The minimum absolute atomic E-state index is 0.0749. The van der Waals surface area contributed by atoms with Crippen molar-refractivity contribution in [3.05, 3.63) is 16.1 Å². The maximum Gasteiger partial charge on any atom is 0.228 e. The lowest BCUT2D eigenvalue weighted by atomic mass is 10.2. The van der Waals surface area contributed by atoms with Gasteiger partial charge in [-0.15, -0.1) is 11.3 Å². The van der Waals surface area contributed by atoms with Gasteiger partial charge in [0.15, 0.2) is 0 Å². The summed E-state index contributed by atoms with van der Waals surface area (Å²) in [4.78, 5) is 17.9. The highest BCUT2D eigenvalue weighted by molar-refractivity contribution is 7.09. The third-order valence-corrected chi connectivity index (χ3v) is 3.67. The summed E-state index contributed by atoms with van der Waals surface area (Å²) in [6, 6.07) is 0.0804. The van der Waals surface area contributed by atoms with Crippen molar-refractivity contribution in [1.82, 2.24) is 9.88 Å². The van der Waals surface area contributed by atoms with Crippen molar-refractivity contribution in [2.75, 3.05) is 13.6 Å². The first-order valence-corrected chi connectivity index (χ1v) is 6.35. The largest absolute Gasteiger partial charge is 0.341 e. The van der Waals surface area contributed by atoms with Crippen LogP contribution in [0.4, 0.5) is 0 Å². The first-order chi connectivity index (χ1) is 7.58. The second-order valence-electron chi connectivity index (χ2n) is 3.85. The molecule has 1 aromatic heterocycles. The molecule has 0 aliphatic heterocycles. The van der Waals surface area contributed by atoms with Crippen molar-refractivity contribution >= 4 is 17.2 Å². The molecule has 1 amide bonds. The van der Waals surface area contributed by atoms with Gasteiger partial charge >= 0.3 is 0 Å². The highest BCUT2D eigenvalue weighted by atomic mass is 32.1. The van der Waals surface area contributed by atoms with E-state index in [1.54, 1.807) is 23.3 Å². The van der Waals surface area contributed by atoms with Crippen molar-refractivity contribution in [3.8, 4) is 0 Å². The molecule has 1 rings (SSSR count). The summed E-state index contributed by atoms with van der Waals surface area (Å²) in [6.45, 7) is 4.49. The summed E-state index contributed by atoms with van der Waals surface area (Å²) >= 11 is 1.61. The van der Waals surface area contributed by atoms with Gasteiger partial charge < -0.3 is 10.6 Å². The molecule has 1 aromatic rings. The number of nitrogens with zero attached hydrogens (tertiary/aromatic N) is 2. The summed E-state index contributed by atoms with van der Waals surface area (Å²) in [6.07, 6.45) is 1.30. The quantitative estimate of drug-likeness (QED) is 0.838. The fourth-order valence-corrected chi connectivity index (χ4v) is 2.02. The molecule has 0 aromatic carbocycles. The van der Waals surface area contributed by atoms with E-state index in [0.717, 1.165) is 17.1 Å². The number of thiazole rings is 1. The van der Waals surface area contributed by atoms with Crippen LogP contribution >= 0.6 is 11.3 Å². The van der Waals surface area contributed by atoms with Crippen molar-refractivity contribution in [2.24, 2.45) is 5.73 Å². The number of nitrogens with two attached hydrogens (primary N) is 1. The molecule has 90 valence electrons. The predicted octanol–water partition coefficient (Wildman–Crippen LogP) is 1.05. The molecule has 16 heavy (non-hydrogen) atoms. The number of aromatic nitrogens is 1. The molecule has 0 bridgehead atoms. The number of rotatable bonds is 5. The number of likely N-dealkylation sites (N-methyl/N-ethyl adjacent to an activating group) is 1. The highest BCUT2D eigenvalue weighted by Crippen LogP contribution is 2.11. The second-order valence-corrected chi connectivity index (χ2v) is 4.79. The lowest BCUT2D eigenvalue weighted by Crippen LogP contribution is -2.40. The van der Waals surface area contributed by atoms with Crippen LogP contribution in [0.15, 0.2) is 5.38 Å². The van der Waals surface area contributed by atoms with Gasteiger partial charge in [0.05, 0.1) is 17.1 Å². The molecule has 0 aliphatic carbocycles. The Morgan fingerprint density at radius 1 is 1.69 bits per heavy atom. The van der Waals surface area contributed by atoms with E-state index in [4.69, 9.17) is 5.73 Å². The van der Waals surface area contributed by atoms with Crippen LogP contribution < -0.4 is 5.73 Å².